The predicted octanol–water partition coefficient (Wildman–Crippen LogP) is 4.76. The van der Waals surface area contributed by atoms with Crippen molar-refractivity contribution in [2.45, 2.75) is 38.1 Å². The second kappa shape index (κ2) is 10.8. The van der Waals surface area contributed by atoms with Crippen LogP contribution in [0.3, 0.4) is 0 Å². The summed E-state index contributed by atoms with van der Waals surface area (Å²) >= 11 is 5.25. The van der Waals surface area contributed by atoms with E-state index >= 15 is 0 Å². The number of halogens is 1. The highest BCUT2D eigenvalue weighted by Crippen LogP contribution is 2.25. The van der Waals surface area contributed by atoms with Crippen molar-refractivity contribution in [3.8, 4) is 0 Å². The molecule has 0 radical (unpaired) electrons. The minimum atomic E-state index is -0.426. The Morgan fingerprint density at radius 3 is 2.45 bits per heavy atom. The van der Waals surface area contributed by atoms with Crippen molar-refractivity contribution < 1.29 is 14.0 Å². The van der Waals surface area contributed by atoms with Crippen molar-refractivity contribution >= 4 is 40.9 Å². The monoisotopic (exact) mass is 439 g/mol. The van der Waals surface area contributed by atoms with Gasteiger partial charge >= 0.3 is 0 Å². The highest BCUT2D eigenvalue weighted by molar-refractivity contribution is 7.80. The van der Waals surface area contributed by atoms with Crippen molar-refractivity contribution in [3.63, 3.8) is 0 Å². The summed E-state index contributed by atoms with van der Waals surface area (Å²) in [5, 5.41) is 5.61. The molecule has 0 unspecified atom stereocenters. The number of thiocarbonyl (C=S) groups is 1. The van der Waals surface area contributed by atoms with E-state index in [1.165, 1.54) is 24.6 Å². The number of carbonyl (C=O) groups is 2. The zero-order chi connectivity index (χ0) is 22.2. The Kier molecular flexibility index (Phi) is 7.89. The van der Waals surface area contributed by atoms with E-state index in [9.17, 15) is 14.0 Å². The summed E-state index contributed by atoms with van der Waals surface area (Å²) in [5.41, 5.74) is 1.74. The highest BCUT2D eigenvalue weighted by atomic mass is 32.1. The van der Waals surface area contributed by atoms with Crippen molar-refractivity contribution in [1.29, 1.82) is 0 Å². The van der Waals surface area contributed by atoms with Gasteiger partial charge in [0.2, 0.25) is 5.91 Å². The van der Waals surface area contributed by atoms with E-state index < -0.39 is 5.91 Å². The number of para-hydroxylation sites is 1. The van der Waals surface area contributed by atoms with Gasteiger partial charge in [0.15, 0.2) is 5.11 Å². The molecule has 162 valence electrons. The molecule has 5 nitrogen and oxygen atoms in total. The van der Waals surface area contributed by atoms with Crippen LogP contribution in [0.5, 0.6) is 0 Å². The fraction of sp³-hybridized carbons (Fsp3) is 0.292. The standard InChI is InChI=1S/C24H26FN3O2S/c1-28(19-7-3-2-4-8-19)23(30)20-9-5-6-10-21(20)26-24(31)27-22(29)16-13-17-11-14-18(25)15-12-17/h5-6,9-16,19H,2-4,7-8H2,1H3,(H2,26,27,29,31)/b16-13+. The van der Waals surface area contributed by atoms with Gasteiger partial charge in [-0.05, 0) is 61.0 Å². The van der Waals surface area contributed by atoms with Crippen LogP contribution in [0.25, 0.3) is 6.08 Å². The minimum Gasteiger partial charge on any atom is -0.339 e. The lowest BCUT2D eigenvalue weighted by Gasteiger charge is -2.31. The van der Waals surface area contributed by atoms with E-state index in [0.29, 0.717) is 16.8 Å². The number of nitrogens with one attached hydrogen (secondary N) is 2. The summed E-state index contributed by atoms with van der Waals surface area (Å²) in [4.78, 5) is 27.0. The van der Waals surface area contributed by atoms with Crippen molar-refractivity contribution in [2.75, 3.05) is 12.4 Å². The Bertz CT molecular complexity index is 969. The van der Waals surface area contributed by atoms with Gasteiger partial charge in [0.05, 0.1) is 11.3 Å². The summed E-state index contributed by atoms with van der Waals surface area (Å²) in [7, 11) is 1.84. The summed E-state index contributed by atoms with van der Waals surface area (Å²) in [5.74, 6) is -0.834. The predicted molar refractivity (Wildman–Crippen MR) is 125 cm³/mol. The Hall–Kier alpha value is -3.06. The van der Waals surface area contributed by atoms with E-state index in [1.807, 2.05) is 11.9 Å². The molecule has 0 aromatic heterocycles. The lowest BCUT2D eigenvalue weighted by atomic mass is 9.94. The maximum Gasteiger partial charge on any atom is 0.255 e. The molecule has 1 aliphatic carbocycles. The molecular formula is C24H26FN3O2S. The van der Waals surface area contributed by atoms with Crippen LogP contribution < -0.4 is 10.6 Å². The Morgan fingerprint density at radius 2 is 1.74 bits per heavy atom. The highest BCUT2D eigenvalue weighted by Gasteiger charge is 2.24. The number of benzene rings is 2. The van der Waals surface area contributed by atoms with Gasteiger partial charge in [-0.1, -0.05) is 43.5 Å². The molecule has 2 aromatic carbocycles. The van der Waals surface area contributed by atoms with Crippen LogP contribution >= 0.6 is 12.2 Å². The fourth-order valence-electron chi connectivity index (χ4n) is 3.66. The first kappa shape index (κ1) is 22.6. The van der Waals surface area contributed by atoms with E-state index in [2.05, 4.69) is 10.6 Å². The lowest BCUT2D eigenvalue weighted by Crippen LogP contribution is -2.39. The number of carbonyl (C=O) groups excluding carboxylic acids is 2. The number of nitrogens with zero attached hydrogens (tertiary/aromatic N) is 1. The number of rotatable bonds is 5. The van der Waals surface area contributed by atoms with Crippen LogP contribution in [-0.4, -0.2) is 34.9 Å². The second-order valence-corrected chi connectivity index (χ2v) is 7.99. The van der Waals surface area contributed by atoms with Gasteiger partial charge in [-0.3, -0.25) is 14.9 Å². The molecule has 1 fully saturated rings. The van der Waals surface area contributed by atoms with Crippen molar-refractivity contribution in [3.05, 3.63) is 71.6 Å². The third-order valence-corrected chi connectivity index (χ3v) is 5.59. The third-order valence-electron chi connectivity index (χ3n) is 5.38. The average Bonchev–Trinajstić information content (AvgIpc) is 2.78. The molecule has 1 aliphatic rings. The van der Waals surface area contributed by atoms with Gasteiger partial charge in [-0.15, -0.1) is 0 Å². The molecule has 0 heterocycles. The molecule has 2 N–H and O–H groups in total. The van der Waals surface area contributed by atoms with Crippen LogP contribution in [0.1, 0.15) is 48.0 Å². The molecule has 31 heavy (non-hydrogen) atoms. The van der Waals surface area contributed by atoms with Gasteiger partial charge in [0, 0.05) is 19.2 Å². The van der Waals surface area contributed by atoms with Gasteiger partial charge in [-0.2, -0.15) is 0 Å². The molecule has 7 heteroatoms. The van der Waals surface area contributed by atoms with Gasteiger partial charge in [0.25, 0.3) is 5.91 Å². The van der Waals surface area contributed by atoms with Gasteiger partial charge in [0.1, 0.15) is 5.82 Å². The molecule has 0 bridgehead atoms. The van der Waals surface area contributed by atoms with Crippen LogP contribution in [0.15, 0.2) is 54.6 Å². The number of amides is 2. The summed E-state index contributed by atoms with van der Waals surface area (Å²) < 4.78 is 13.0. The van der Waals surface area contributed by atoms with Crippen molar-refractivity contribution in [1.82, 2.24) is 10.2 Å². The topological polar surface area (TPSA) is 61.4 Å². The van der Waals surface area contributed by atoms with Crippen molar-refractivity contribution in [2.24, 2.45) is 0 Å². The second-order valence-electron chi connectivity index (χ2n) is 7.58. The number of hydrogen-bond acceptors (Lipinski definition) is 3. The first-order valence-corrected chi connectivity index (χ1v) is 10.8. The summed E-state index contributed by atoms with van der Waals surface area (Å²) in [6.07, 6.45) is 8.43. The quantitative estimate of drug-likeness (QED) is 0.521. The number of anilines is 1. The van der Waals surface area contributed by atoms with Crippen LogP contribution in [0.2, 0.25) is 0 Å². The fourth-order valence-corrected chi connectivity index (χ4v) is 3.87. The van der Waals surface area contributed by atoms with Gasteiger partial charge < -0.3 is 10.2 Å². The van der Waals surface area contributed by atoms with E-state index in [-0.39, 0.29) is 22.9 Å². The van der Waals surface area contributed by atoms with Gasteiger partial charge in [-0.25, -0.2) is 4.39 Å². The van der Waals surface area contributed by atoms with E-state index in [4.69, 9.17) is 12.2 Å². The molecule has 0 aliphatic heterocycles. The summed E-state index contributed by atoms with van der Waals surface area (Å²) in [6.45, 7) is 0. The molecule has 3 rings (SSSR count). The molecule has 0 spiro atoms. The third kappa shape index (κ3) is 6.46. The normalized spacial score (nSPS) is 14.3. The molecule has 2 amide bonds. The largest absolute Gasteiger partial charge is 0.339 e. The minimum absolute atomic E-state index is 0.0691. The molecule has 1 saturated carbocycles. The maximum atomic E-state index is 13.1. The lowest BCUT2D eigenvalue weighted by molar-refractivity contribution is -0.115. The first-order valence-electron chi connectivity index (χ1n) is 10.4. The van der Waals surface area contributed by atoms with Crippen LogP contribution in [-0.2, 0) is 4.79 Å². The average molecular weight is 440 g/mol. The molecule has 2 aromatic rings. The number of hydrogen-bond donors (Lipinski definition) is 2. The Balaban J connectivity index is 1.61. The smallest absolute Gasteiger partial charge is 0.255 e. The van der Waals surface area contributed by atoms with E-state index in [1.54, 1.807) is 42.5 Å². The molecule has 0 atom stereocenters. The van der Waals surface area contributed by atoms with E-state index in [0.717, 1.165) is 25.7 Å². The molecular weight excluding hydrogens is 413 g/mol. The Labute approximate surface area is 187 Å². The zero-order valence-corrected chi connectivity index (χ0v) is 18.3. The maximum absolute atomic E-state index is 13.1. The SMILES string of the molecule is CN(C(=O)c1ccccc1NC(=S)NC(=O)/C=C/c1ccc(F)cc1)C1CCCCC1. The first-order chi connectivity index (χ1) is 14.9. The summed E-state index contributed by atoms with van der Waals surface area (Å²) in [6, 6.07) is 13.2. The Morgan fingerprint density at radius 1 is 1.06 bits per heavy atom. The van der Waals surface area contributed by atoms with Crippen LogP contribution in [0.4, 0.5) is 10.1 Å². The van der Waals surface area contributed by atoms with Crippen LogP contribution in [0, 0.1) is 5.82 Å². The zero-order valence-electron chi connectivity index (χ0n) is 17.4. The molecule has 0 saturated heterocycles.